The predicted octanol–water partition coefficient (Wildman–Crippen LogP) is 3.08. The minimum absolute atomic E-state index is 0.139. The fourth-order valence-corrected chi connectivity index (χ4v) is 5.48. The van der Waals surface area contributed by atoms with Gasteiger partial charge < -0.3 is 0 Å². The Balaban J connectivity index is 1.94. The van der Waals surface area contributed by atoms with E-state index >= 15 is 0 Å². The normalized spacial score (nSPS) is 15.8. The summed E-state index contributed by atoms with van der Waals surface area (Å²) < 4.78 is 96.0. The van der Waals surface area contributed by atoms with E-state index in [1.165, 1.54) is 0 Å². The number of aryl methyl sites for hydroxylation is 1. The highest BCUT2D eigenvalue weighted by atomic mass is 32.2. The largest absolute Gasteiger partial charge is 0.335 e. The molecule has 0 unspecified atom stereocenters. The number of imidazole rings is 1. The number of rotatable bonds is 8. The maximum atomic E-state index is 14.7. The number of nitrogens with one attached hydrogen (secondary N) is 1. The third-order valence-electron chi connectivity index (χ3n) is 4.96. The van der Waals surface area contributed by atoms with E-state index in [2.05, 4.69) is 9.71 Å². The predicted molar refractivity (Wildman–Crippen MR) is 102 cm³/mol. The summed E-state index contributed by atoms with van der Waals surface area (Å²) >= 11 is 0.482. The highest BCUT2D eigenvalue weighted by Gasteiger charge is 2.47. The van der Waals surface area contributed by atoms with Gasteiger partial charge in [0, 0.05) is 12.3 Å². The van der Waals surface area contributed by atoms with Crippen LogP contribution in [0.1, 0.15) is 24.1 Å². The average molecular weight is 482 g/mol. The third-order valence-corrected chi connectivity index (χ3v) is 7.54. The molecule has 0 aliphatic heterocycles. The van der Waals surface area contributed by atoms with E-state index in [0.29, 0.717) is 11.3 Å². The first-order valence-corrected chi connectivity index (χ1v) is 11.3. The molecule has 168 valence electrons. The number of hydrogen-bond acceptors (Lipinski definition) is 5. The maximum absolute atomic E-state index is 14.7. The van der Waals surface area contributed by atoms with Crippen molar-refractivity contribution in [1.29, 1.82) is 0 Å². The Bertz CT molecular complexity index is 1310. The van der Waals surface area contributed by atoms with Gasteiger partial charge in [0.2, 0.25) is 10.0 Å². The van der Waals surface area contributed by atoms with Crippen molar-refractivity contribution in [2.75, 3.05) is 13.3 Å². The monoisotopic (exact) mass is 482 g/mol. The zero-order valence-corrected chi connectivity index (χ0v) is 17.3. The van der Waals surface area contributed by atoms with Gasteiger partial charge in [-0.1, -0.05) is 11.3 Å². The molecule has 7 nitrogen and oxygen atoms in total. The molecule has 0 radical (unpaired) electrons. The van der Waals surface area contributed by atoms with E-state index in [4.69, 9.17) is 0 Å². The first-order valence-electron chi connectivity index (χ1n) is 8.97. The summed E-state index contributed by atoms with van der Waals surface area (Å²) in [5, 5.41) is -0.215. The quantitative estimate of drug-likeness (QED) is 0.500. The summed E-state index contributed by atoms with van der Waals surface area (Å²) in [5.74, 6) is -1.23. The van der Waals surface area contributed by atoms with Crippen molar-refractivity contribution in [1.82, 2.24) is 18.8 Å². The van der Waals surface area contributed by atoms with Crippen LogP contribution in [0, 0.1) is 5.82 Å². The number of thiazole rings is 1. The smallest absolute Gasteiger partial charge is 0.289 e. The molecule has 2 aromatic heterocycles. The Kier molecular flexibility index (Phi) is 5.42. The maximum Gasteiger partial charge on any atom is 0.335 e. The molecule has 2 heterocycles. The first kappa shape index (κ1) is 21.9. The lowest BCUT2D eigenvalue weighted by atomic mass is 10.3. The number of halogens is 5. The molecule has 1 aromatic carbocycles. The van der Waals surface area contributed by atoms with Crippen LogP contribution in [-0.2, 0) is 16.6 Å². The second kappa shape index (κ2) is 7.67. The van der Waals surface area contributed by atoms with Gasteiger partial charge >= 0.3 is 5.69 Å². The number of benzene rings is 1. The minimum Gasteiger partial charge on any atom is -0.289 e. The fourth-order valence-electron chi connectivity index (χ4n) is 3.18. The number of sulfonamides is 1. The van der Waals surface area contributed by atoms with E-state index < -0.39 is 63.2 Å². The molecule has 0 saturated heterocycles. The highest BCUT2D eigenvalue weighted by molar-refractivity contribution is 7.89. The summed E-state index contributed by atoms with van der Waals surface area (Å²) in [6.07, 6.45) is -1.50. The fraction of sp³-hybridized carbons (Fsp3) is 0.412. The molecular weight excluding hydrogens is 467 g/mol. The first-order chi connectivity index (χ1) is 14.6. The Morgan fingerprint density at radius 2 is 1.94 bits per heavy atom. The van der Waals surface area contributed by atoms with Crippen LogP contribution in [0.25, 0.3) is 16.2 Å². The van der Waals surface area contributed by atoms with Gasteiger partial charge in [0.15, 0.2) is 5.13 Å². The summed E-state index contributed by atoms with van der Waals surface area (Å²) in [5.41, 5.74) is -2.49. The molecule has 1 N–H and O–H groups in total. The molecule has 4 rings (SSSR count). The molecule has 1 fully saturated rings. The highest BCUT2D eigenvalue weighted by Crippen LogP contribution is 2.38. The van der Waals surface area contributed by atoms with E-state index in [1.807, 2.05) is 0 Å². The van der Waals surface area contributed by atoms with Crippen molar-refractivity contribution in [3.8, 4) is 5.13 Å². The van der Waals surface area contributed by atoms with Crippen LogP contribution < -0.4 is 10.4 Å². The van der Waals surface area contributed by atoms with Crippen molar-refractivity contribution < 1.29 is 30.4 Å². The lowest BCUT2D eigenvalue weighted by Crippen LogP contribution is -2.38. The summed E-state index contributed by atoms with van der Waals surface area (Å²) in [4.78, 5) is 15.3. The van der Waals surface area contributed by atoms with Crippen LogP contribution in [0.15, 0.2) is 28.0 Å². The molecule has 3 aromatic rings. The van der Waals surface area contributed by atoms with Gasteiger partial charge in [0.05, 0.1) is 28.0 Å². The van der Waals surface area contributed by atoms with Gasteiger partial charge in [-0.25, -0.2) is 49.4 Å². The van der Waals surface area contributed by atoms with Gasteiger partial charge in [-0.3, -0.25) is 4.57 Å². The van der Waals surface area contributed by atoms with E-state index in [0.717, 1.165) is 27.5 Å². The minimum atomic E-state index is -4.51. The molecule has 0 spiro atoms. The summed E-state index contributed by atoms with van der Waals surface area (Å²) in [6, 6.07) is 1.58. The Morgan fingerprint density at radius 1 is 1.23 bits per heavy atom. The Labute approximate surface area is 176 Å². The zero-order valence-electron chi connectivity index (χ0n) is 15.6. The SMILES string of the molecule is O=c1n(CCF)c2cc(F)c(S(=O)(=O)NC3(CF)CC3)cc2n1-c1ncc(C(F)F)s1. The van der Waals surface area contributed by atoms with Crippen LogP contribution in [0.5, 0.6) is 0 Å². The number of hydrogen-bond donors (Lipinski definition) is 1. The molecule has 31 heavy (non-hydrogen) atoms. The topological polar surface area (TPSA) is 86.0 Å². The van der Waals surface area contributed by atoms with Crippen molar-refractivity contribution in [2.24, 2.45) is 0 Å². The third kappa shape index (κ3) is 3.76. The number of aromatic nitrogens is 3. The second-order valence-electron chi connectivity index (χ2n) is 7.10. The molecule has 1 aliphatic carbocycles. The zero-order chi connectivity index (χ0) is 22.6. The molecular formula is C17H15F5N4O3S2. The molecule has 0 atom stereocenters. The molecule has 14 heteroatoms. The Morgan fingerprint density at radius 3 is 2.48 bits per heavy atom. The summed E-state index contributed by atoms with van der Waals surface area (Å²) in [7, 11) is -4.51. The van der Waals surface area contributed by atoms with Gasteiger partial charge in [-0.15, -0.1) is 0 Å². The van der Waals surface area contributed by atoms with Crippen molar-refractivity contribution >= 4 is 32.4 Å². The van der Waals surface area contributed by atoms with Crippen LogP contribution in [0.2, 0.25) is 0 Å². The standard InChI is InChI=1S/C17H15F5N4O3S2/c18-3-4-25-10-5-9(20)13(31(28,29)24-17(8-19)1-2-17)6-11(10)26(16(25)27)15-23-7-12(30-15)14(21)22/h5-7,14,24H,1-4,8H2. The van der Waals surface area contributed by atoms with Gasteiger partial charge in [-0.2, -0.15) is 0 Å². The molecule has 0 amide bonds. The van der Waals surface area contributed by atoms with Crippen LogP contribution >= 0.6 is 11.3 Å². The molecule has 1 saturated carbocycles. The number of nitrogens with zero attached hydrogens (tertiary/aromatic N) is 3. The molecule has 0 bridgehead atoms. The summed E-state index contributed by atoms with van der Waals surface area (Å²) in [6.45, 7) is -2.42. The van der Waals surface area contributed by atoms with Gasteiger partial charge in [0.25, 0.3) is 6.43 Å². The van der Waals surface area contributed by atoms with Crippen molar-refractivity contribution in [3.63, 3.8) is 0 Å². The van der Waals surface area contributed by atoms with E-state index in [9.17, 15) is 35.2 Å². The van der Waals surface area contributed by atoms with Crippen molar-refractivity contribution in [2.45, 2.75) is 36.2 Å². The van der Waals surface area contributed by atoms with Crippen LogP contribution in [-0.4, -0.2) is 41.4 Å². The number of alkyl halides is 4. The van der Waals surface area contributed by atoms with Crippen molar-refractivity contribution in [3.05, 3.63) is 39.5 Å². The van der Waals surface area contributed by atoms with Crippen LogP contribution in [0.3, 0.4) is 0 Å². The van der Waals surface area contributed by atoms with E-state index in [1.54, 1.807) is 0 Å². The molecule has 1 aliphatic rings. The lowest BCUT2D eigenvalue weighted by Gasteiger charge is -2.14. The van der Waals surface area contributed by atoms with Gasteiger partial charge in [0.1, 0.15) is 24.1 Å². The van der Waals surface area contributed by atoms with E-state index in [-0.39, 0.29) is 29.0 Å². The second-order valence-corrected chi connectivity index (χ2v) is 9.79. The Hall–Kier alpha value is -2.32. The lowest BCUT2D eigenvalue weighted by molar-refractivity contribution is 0.155. The van der Waals surface area contributed by atoms with Gasteiger partial charge in [-0.05, 0) is 18.9 Å². The van der Waals surface area contributed by atoms with Crippen LogP contribution in [0.4, 0.5) is 22.0 Å². The average Bonchev–Trinajstić information content (AvgIpc) is 3.19. The number of fused-ring (bicyclic) bond motifs is 1.